The van der Waals surface area contributed by atoms with Gasteiger partial charge in [0.2, 0.25) is 0 Å². The number of allylic oxidation sites excluding steroid dienone is 4. The highest BCUT2D eigenvalue weighted by Gasteiger charge is 2.26. The Labute approximate surface area is 211 Å². The molecule has 12 heteroatoms. The van der Waals surface area contributed by atoms with Crippen LogP contribution in [0.1, 0.15) is 37.9 Å². The predicted molar refractivity (Wildman–Crippen MR) is 134 cm³/mol. The third-order valence-corrected chi connectivity index (χ3v) is 6.54. The Bertz CT molecular complexity index is 1250. The molecule has 0 bridgehead atoms. The lowest BCUT2D eigenvalue weighted by molar-refractivity contribution is 0.131. The number of halogens is 1. The number of rotatable bonds is 8. The lowest BCUT2D eigenvalue weighted by Gasteiger charge is -2.36. The van der Waals surface area contributed by atoms with E-state index < -0.39 is 10.3 Å². The van der Waals surface area contributed by atoms with E-state index in [9.17, 15) is 17.6 Å². The number of nitrogens with zero attached hydrogens (tertiary/aromatic N) is 4. The molecule has 2 aromatic rings. The summed E-state index contributed by atoms with van der Waals surface area (Å²) >= 11 is 0. The molecule has 36 heavy (non-hydrogen) atoms. The maximum Gasteiger partial charge on any atom is 0.379 e. The molecule has 1 aromatic heterocycles. The zero-order valence-electron chi connectivity index (χ0n) is 20.8. The van der Waals surface area contributed by atoms with Crippen molar-refractivity contribution in [3.8, 4) is 5.75 Å². The number of ether oxygens (including phenoxy) is 1. The van der Waals surface area contributed by atoms with Crippen LogP contribution >= 0.6 is 0 Å². The predicted octanol–water partition coefficient (Wildman–Crippen LogP) is 3.12. The van der Waals surface area contributed by atoms with Crippen LogP contribution in [0.2, 0.25) is 0 Å². The number of carbonyl (C=O) groups excluding carboxylic acids is 1. The number of nitrogens with two attached hydrogens (primary N) is 1. The first-order valence-electron chi connectivity index (χ1n) is 11.4. The smallest absolute Gasteiger partial charge is 0.379 e. The molecule has 0 saturated carbocycles. The maximum atomic E-state index is 13.7. The van der Waals surface area contributed by atoms with Crippen LogP contribution in [0.25, 0.3) is 5.57 Å². The number of likely N-dealkylation sites (tertiary alicyclic amines) is 1. The van der Waals surface area contributed by atoms with Crippen LogP contribution in [0.4, 0.5) is 9.18 Å². The van der Waals surface area contributed by atoms with Gasteiger partial charge in [-0.05, 0) is 50.5 Å². The van der Waals surface area contributed by atoms with E-state index in [1.165, 1.54) is 37.1 Å². The summed E-state index contributed by atoms with van der Waals surface area (Å²) in [5, 5.41) is 4.90. The fraction of sp³-hybridized carbons (Fsp3) is 0.417. The van der Waals surface area contributed by atoms with Crippen molar-refractivity contribution in [1.82, 2.24) is 19.4 Å². The van der Waals surface area contributed by atoms with Crippen molar-refractivity contribution in [2.24, 2.45) is 5.14 Å². The summed E-state index contributed by atoms with van der Waals surface area (Å²) in [5.74, 6) is -0.0715. The molecule has 0 radical (unpaired) electrons. The van der Waals surface area contributed by atoms with Crippen LogP contribution in [0.15, 0.2) is 48.6 Å². The second kappa shape index (κ2) is 11.7. The fourth-order valence-electron chi connectivity index (χ4n) is 4.17. The zero-order chi connectivity index (χ0) is 26.5. The lowest BCUT2D eigenvalue weighted by Crippen LogP contribution is -2.46. The van der Waals surface area contributed by atoms with Gasteiger partial charge in [-0.1, -0.05) is 12.1 Å². The highest BCUT2D eigenvalue weighted by molar-refractivity contribution is 7.84. The van der Waals surface area contributed by atoms with Crippen molar-refractivity contribution in [1.29, 1.82) is 0 Å². The number of hydrogen-bond acceptors (Lipinski definition) is 7. The molecule has 1 fully saturated rings. The third-order valence-electron chi connectivity index (χ3n) is 6.04. The van der Waals surface area contributed by atoms with Crippen LogP contribution in [0.3, 0.4) is 0 Å². The number of piperidine rings is 1. The van der Waals surface area contributed by atoms with E-state index in [0.29, 0.717) is 17.8 Å². The van der Waals surface area contributed by atoms with E-state index in [2.05, 4.69) is 14.1 Å². The molecule has 0 spiro atoms. The first kappa shape index (κ1) is 27.4. The minimum absolute atomic E-state index is 0.0637. The molecule has 2 N–H and O–H groups in total. The number of hydrogen-bond donors (Lipinski definition) is 1. The molecular weight excluding hydrogens is 489 g/mol. The van der Waals surface area contributed by atoms with Crippen LogP contribution in [0.5, 0.6) is 5.75 Å². The molecule has 1 aliphatic heterocycles. The number of carbonyl (C=O) groups is 1. The number of benzene rings is 1. The van der Waals surface area contributed by atoms with E-state index in [1.807, 2.05) is 0 Å². The fourth-order valence-corrected chi connectivity index (χ4v) is 4.59. The average molecular weight is 522 g/mol. The van der Waals surface area contributed by atoms with Gasteiger partial charge in [0, 0.05) is 44.5 Å². The summed E-state index contributed by atoms with van der Waals surface area (Å²) in [6, 6.07) is 4.73. The summed E-state index contributed by atoms with van der Waals surface area (Å²) in [6.07, 6.45) is 7.83. The standard InChI is InChI=1S/C24H32FN5O5S/c1-5-19(12-17(2)35-36(26,32)33)22-15-30(16-27-22)24(31)28(3)20-8-10-29(11-9-20)14-18-6-7-21(25)23(13-18)34-4/h5-7,12-13,15-16,20H,8-11,14H2,1-4H3,(H2,26,32,33). The van der Waals surface area contributed by atoms with Crippen molar-refractivity contribution in [2.45, 2.75) is 39.3 Å². The summed E-state index contributed by atoms with van der Waals surface area (Å²) in [7, 11) is -0.904. The van der Waals surface area contributed by atoms with Crippen LogP contribution in [-0.2, 0) is 21.0 Å². The molecule has 0 unspecified atom stereocenters. The molecule has 1 aliphatic rings. The van der Waals surface area contributed by atoms with Gasteiger partial charge in [0.05, 0.1) is 12.8 Å². The molecule has 0 atom stereocenters. The van der Waals surface area contributed by atoms with Gasteiger partial charge in [0.25, 0.3) is 0 Å². The van der Waals surface area contributed by atoms with Crippen molar-refractivity contribution in [3.63, 3.8) is 0 Å². The van der Waals surface area contributed by atoms with Crippen molar-refractivity contribution >= 4 is 21.9 Å². The van der Waals surface area contributed by atoms with Crippen molar-refractivity contribution in [3.05, 3.63) is 65.7 Å². The Kier molecular flexibility index (Phi) is 8.88. The number of amides is 1. The minimum Gasteiger partial charge on any atom is -0.494 e. The summed E-state index contributed by atoms with van der Waals surface area (Å²) in [5.41, 5.74) is 2.04. The second-order valence-corrected chi connectivity index (χ2v) is 9.76. The van der Waals surface area contributed by atoms with Crippen molar-refractivity contribution < 1.29 is 26.5 Å². The highest BCUT2D eigenvalue weighted by atomic mass is 32.2. The lowest BCUT2D eigenvalue weighted by atomic mass is 10.0. The third kappa shape index (κ3) is 7.15. The Morgan fingerprint density at radius 3 is 2.64 bits per heavy atom. The van der Waals surface area contributed by atoms with Gasteiger partial charge in [-0.3, -0.25) is 9.47 Å². The largest absolute Gasteiger partial charge is 0.494 e. The number of imidazole rings is 1. The van der Waals surface area contributed by atoms with E-state index in [1.54, 1.807) is 43.3 Å². The van der Waals surface area contributed by atoms with Crippen LogP contribution in [0, 0.1) is 5.82 Å². The number of aromatic nitrogens is 2. The van der Waals surface area contributed by atoms with Gasteiger partial charge in [-0.2, -0.15) is 13.6 Å². The maximum absolute atomic E-state index is 13.7. The van der Waals surface area contributed by atoms with E-state index in [0.717, 1.165) is 31.5 Å². The number of methoxy groups -OCH3 is 1. The van der Waals surface area contributed by atoms with E-state index in [4.69, 9.17) is 9.88 Å². The van der Waals surface area contributed by atoms with Gasteiger partial charge in [0.15, 0.2) is 11.6 Å². The Morgan fingerprint density at radius 1 is 1.33 bits per heavy atom. The highest BCUT2D eigenvalue weighted by Crippen LogP contribution is 2.23. The molecular formula is C24H32FN5O5S. The average Bonchev–Trinajstić information content (AvgIpc) is 3.32. The Hall–Kier alpha value is -3.22. The molecule has 10 nitrogen and oxygen atoms in total. The SMILES string of the molecule is CC=C(C=C(C)OS(N)(=O)=O)c1cn(C(=O)N(C)C2CCN(Cc3ccc(F)c(OC)c3)CC2)cn1. The summed E-state index contributed by atoms with van der Waals surface area (Å²) in [4.78, 5) is 21.4. The molecule has 0 aliphatic carbocycles. The molecule has 1 amide bonds. The monoisotopic (exact) mass is 521 g/mol. The Balaban J connectivity index is 1.59. The van der Waals surface area contributed by atoms with Crippen LogP contribution in [-0.4, -0.2) is 67.1 Å². The normalized spacial score (nSPS) is 16.2. The zero-order valence-corrected chi connectivity index (χ0v) is 21.7. The molecule has 3 rings (SSSR count). The van der Waals surface area contributed by atoms with Gasteiger partial charge < -0.3 is 13.8 Å². The molecule has 2 heterocycles. The van der Waals surface area contributed by atoms with E-state index in [-0.39, 0.29) is 29.4 Å². The minimum atomic E-state index is -4.12. The van der Waals surface area contributed by atoms with Gasteiger partial charge in [-0.15, -0.1) is 0 Å². The van der Waals surface area contributed by atoms with Crippen molar-refractivity contribution in [2.75, 3.05) is 27.2 Å². The van der Waals surface area contributed by atoms with Gasteiger partial charge >= 0.3 is 16.3 Å². The topological polar surface area (TPSA) is 120 Å². The van der Waals surface area contributed by atoms with Gasteiger partial charge in [0.1, 0.15) is 12.1 Å². The summed E-state index contributed by atoms with van der Waals surface area (Å²) < 4.78 is 47.0. The molecule has 1 saturated heterocycles. The van der Waals surface area contributed by atoms with Gasteiger partial charge in [-0.25, -0.2) is 14.2 Å². The second-order valence-electron chi connectivity index (χ2n) is 8.61. The first-order chi connectivity index (χ1) is 17.0. The first-order valence-corrected chi connectivity index (χ1v) is 12.9. The Morgan fingerprint density at radius 2 is 2.03 bits per heavy atom. The quantitative estimate of drug-likeness (QED) is 0.419. The van der Waals surface area contributed by atoms with E-state index >= 15 is 0 Å². The molecule has 1 aromatic carbocycles. The summed E-state index contributed by atoms with van der Waals surface area (Å²) in [6.45, 7) is 5.50. The van der Waals surface area contributed by atoms with Crippen LogP contribution < -0.4 is 9.88 Å². The molecule has 196 valence electrons.